The molecule has 0 saturated carbocycles. The highest BCUT2D eigenvalue weighted by Gasteiger charge is 2.34. The zero-order valence-electron chi connectivity index (χ0n) is 20.7. The molecule has 0 radical (unpaired) electrons. The van der Waals surface area contributed by atoms with E-state index in [1.165, 1.54) is 51.9 Å². The fourth-order valence-corrected chi connectivity index (χ4v) is 6.40. The summed E-state index contributed by atoms with van der Waals surface area (Å²) < 4.78 is 73.8. The molecule has 1 amide bonds. The molecule has 38 heavy (non-hydrogen) atoms. The number of aromatic nitrogens is 1. The predicted octanol–water partition coefficient (Wildman–Crippen LogP) is 6.57. The number of benzene rings is 2. The first-order valence-corrected chi connectivity index (χ1v) is 14.2. The Bertz CT molecular complexity index is 1500. The highest BCUT2D eigenvalue weighted by Crippen LogP contribution is 2.39. The van der Waals surface area contributed by atoms with Crippen molar-refractivity contribution >= 4 is 42.6 Å². The van der Waals surface area contributed by atoms with Gasteiger partial charge in [-0.15, -0.1) is 0 Å². The molecule has 2 aromatic carbocycles. The number of furan rings is 1. The largest absolute Gasteiger partial charge is 0.467 e. The quantitative estimate of drug-likeness (QED) is 0.217. The third-order valence-electron chi connectivity index (χ3n) is 5.94. The lowest BCUT2D eigenvalue weighted by Crippen LogP contribution is -2.32. The molecule has 12 heteroatoms. The Balaban J connectivity index is 1.70. The van der Waals surface area contributed by atoms with Gasteiger partial charge in [-0.05, 0) is 55.0 Å². The molecule has 0 bridgehead atoms. The Morgan fingerprint density at radius 1 is 1.05 bits per heavy atom. The van der Waals surface area contributed by atoms with Crippen LogP contribution >= 0.6 is 11.3 Å². The van der Waals surface area contributed by atoms with Crippen LogP contribution < -0.4 is 4.90 Å². The van der Waals surface area contributed by atoms with E-state index in [9.17, 15) is 26.4 Å². The van der Waals surface area contributed by atoms with Crippen LogP contribution in [0, 0.1) is 0 Å². The van der Waals surface area contributed by atoms with Gasteiger partial charge in [0, 0.05) is 18.7 Å². The molecule has 2 heterocycles. The summed E-state index contributed by atoms with van der Waals surface area (Å²) in [6.45, 7) is 4.38. The average molecular weight is 566 g/mol. The first-order chi connectivity index (χ1) is 18.1. The van der Waals surface area contributed by atoms with Crippen molar-refractivity contribution in [2.75, 3.05) is 18.0 Å². The third kappa shape index (κ3) is 5.77. The van der Waals surface area contributed by atoms with Crippen LogP contribution in [0.1, 0.15) is 48.4 Å². The predicted molar refractivity (Wildman–Crippen MR) is 140 cm³/mol. The zero-order chi connectivity index (χ0) is 27.5. The van der Waals surface area contributed by atoms with Gasteiger partial charge in [0.25, 0.3) is 5.91 Å². The minimum absolute atomic E-state index is 0.0550. The topological polar surface area (TPSA) is 83.7 Å². The number of nitrogens with zero attached hydrogens (tertiary/aromatic N) is 3. The van der Waals surface area contributed by atoms with E-state index in [0.717, 1.165) is 30.2 Å². The minimum Gasteiger partial charge on any atom is -0.467 e. The first-order valence-electron chi connectivity index (χ1n) is 12.0. The van der Waals surface area contributed by atoms with E-state index in [1.807, 2.05) is 6.92 Å². The van der Waals surface area contributed by atoms with Gasteiger partial charge in [-0.2, -0.15) is 17.5 Å². The molecule has 4 aromatic rings. The molecule has 0 atom stereocenters. The Hall–Kier alpha value is -3.22. The lowest BCUT2D eigenvalue weighted by molar-refractivity contribution is -0.136. The lowest BCUT2D eigenvalue weighted by atomic mass is 10.2. The van der Waals surface area contributed by atoms with E-state index in [0.29, 0.717) is 18.8 Å². The fraction of sp³-hybridized carbons (Fsp3) is 0.308. The Morgan fingerprint density at radius 2 is 1.79 bits per heavy atom. The molecule has 0 saturated heterocycles. The van der Waals surface area contributed by atoms with E-state index < -0.39 is 27.7 Å². The molecular weight excluding hydrogens is 539 g/mol. The summed E-state index contributed by atoms with van der Waals surface area (Å²) >= 11 is 0.952. The van der Waals surface area contributed by atoms with Gasteiger partial charge in [0.05, 0.1) is 33.5 Å². The summed E-state index contributed by atoms with van der Waals surface area (Å²) in [5.41, 5.74) is -0.978. The number of sulfonamides is 1. The number of amides is 1. The number of carbonyl (C=O) groups is 1. The molecule has 202 valence electrons. The number of halogens is 3. The van der Waals surface area contributed by atoms with Gasteiger partial charge >= 0.3 is 6.18 Å². The second-order valence-electron chi connectivity index (χ2n) is 8.49. The maximum absolute atomic E-state index is 13.6. The van der Waals surface area contributed by atoms with Crippen molar-refractivity contribution in [2.24, 2.45) is 0 Å². The van der Waals surface area contributed by atoms with Crippen molar-refractivity contribution in [3.8, 4) is 0 Å². The van der Waals surface area contributed by atoms with Gasteiger partial charge in [0.1, 0.15) is 5.76 Å². The molecule has 2 aromatic heterocycles. The van der Waals surface area contributed by atoms with Crippen LogP contribution in [0.25, 0.3) is 10.2 Å². The van der Waals surface area contributed by atoms with Gasteiger partial charge < -0.3 is 4.42 Å². The molecule has 0 aliphatic heterocycles. The molecule has 0 unspecified atom stereocenters. The van der Waals surface area contributed by atoms with Crippen LogP contribution in [0.15, 0.2) is 70.2 Å². The van der Waals surface area contributed by atoms with Crippen molar-refractivity contribution in [1.29, 1.82) is 0 Å². The van der Waals surface area contributed by atoms with Crippen LogP contribution in [-0.4, -0.2) is 36.7 Å². The number of alkyl halides is 3. The van der Waals surface area contributed by atoms with Crippen LogP contribution in [0.2, 0.25) is 0 Å². The molecule has 0 aliphatic carbocycles. The maximum atomic E-state index is 13.6. The van der Waals surface area contributed by atoms with Crippen molar-refractivity contribution in [2.45, 2.75) is 44.3 Å². The van der Waals surface area contributed by atoms with Crippen molar-refractivity contribution < 1.29 is 30.8 Å². The molecule has 0 aliphatic rings. The summed E-state index contributed by atoms with van der Waals surface area (Å²) in [4.78, 5) is 19.1. The number of rotatable bonds is 10. The number of fused-ring (bicyclic) bond motifs is 1. The van der Waals surface area contributed by atoms with E-state index in [-0.39, 0.29) is 32.4 Å². The second kappa shape index (κ2) is 11.3. The first kappa shape index (κ1) is 27.8. The van der Waals surface area contributed by atoms with Crippen LogP contribution in [-0.2, 0) is 22.7 Å². The van der Waals surface area contributed by atoms with Gasteiger partial charge in [-0.25, -0.2) is 13.4 Å². The summed E-state index contributed by atoms with van der Waals surface area (Å²) in [7, 11) is -3.74. The van der Waals surface area contributed by atoms with Crippen LogP contribution in [0.3, 0.4) is 0 Å². The molecule has 7 nitrogen and oxygen atoms in total. The highest BCUT2D eigenvalue weighted by atomic mass is 32.2. The molecule has 0 spiro atoms. The highest BCUT2D eigenvalue weighted by molar-refractivity contribution is 7.89. The van der Waals surface area contributed by atoms with Crippen molar-refractivity contribution in [1.82, 2.24) is 9.29 Å². The van der Waals surface area contributed by atoms with Crippen LogP contribution in [0.5, 0.6) is 0 Å². The zero-order valence-corrected chi connectivity index (χ0v) is 22.4. The van der Waals surface area contributed by atoms with Gasteiger partial charge in [-0.1, -0.05) is 37.7 Å². The molecular formula is C26H26F3N3O4S2. The van der Waals surface area contributed by atoms with Crippen molar-refractivity contribution in [3.05, 3.63) is 77.7 Å². The number of hydrogen-bond acceptors (Lipinski definition) is 6. The Kier molecular flexibility index (Phi) is 8.24. The Morgan fingerprint density at radius 3 is 2.39 bits per heavy atom. The third-order valence-corrected chi connectivity index (χ3v) is 8.97. The lowest BCUT2D eigenvalue weighted by Gasteiger charge is -2.21. The maximum Gasteiger partial charge on any atom is 0.418 e. The van der Waals surface area contributed by atoms with E-state index >= 15 is 0 Å². The number of para-hydroxylation sites is 1. The SMILES string of the molecule is CCCCN(CC)S(=O)(=O)c1ccc(C(=O)N(Cc2ccco2)c2nc3c(C(F)(F)F)cccc3s2)cc1. The Labute approximate surface area is 222 Å². The smallest absolute Gasteiger partial charge is 0.418 e. The number of anilines is 1. The summed E-state index contributed by atoms with van der Waals surface area (Å²) in [5.74, 6) is -0.154. The van der Waals surface area contributed by atoms with Gasteiger partial charge in [0.2, 0.25) is 10.0 Å². The monoisotopic (exact) mass is 565 g/mol. The molecule has 0 N–H and O–H groups in total. The van der Waals surface area contributed by atoms with E-state index in [4.69, 9.17) is 4.42 Å². The number of unbranched alkanes of at least 4 members (excludes halogenated alkanes) is 1. The van der Waals surface area contributed by atoms with Gasteiger partial charge in [0.15, 0.2) is 5.13 Å². The van der Waals surface area contributed by atoms with Crippen LogP contribution in [0.4, 0.5) is 18.3 Å². The fourth-order valence-electron chi connectivity index (χ4n) is 3.92. The van der Waals surface area contributed by atoms with E-state index in [2.05, 4.69) is 4.98 Å². The number of thiazole rings is 1. The molecule has 4 rings (SSSR count). The van der Waals surface area contributed by atoms with E-state index in [1.54, 1.807) is 19.1 Å². The molecule has 0 fully saturated rings. The summed E-state index contributed by atoms with van der Waals surface area (Å²) in [6.07, 6.45) is -1.61. The standard InChI is InChI=1S/C26H26F3N3O4S2/c1-3-5-15-31(4-2)38(34,35)20-13-11-18(12-14-20)24(33)32(17-19-8-7-16-36-19)25-30-23-21(26(27,28)29)9-6-10-22(23)37-25/h6-14,16H,3-5,15,17H2,1-2H3. The second-order valence-corrected chi connectivity index (χ2v) is 11.4. The summed E-state index contributed by atoms with van der Waals surface area (Å²) in [5, 5.41) is 0.0616. The van der Waals surface area contributed by atoms with Gasteiger partial charge in [-0.3, -0.25) is 9.69 Å². The average Bonchev–Trinajstić information content (AvgIpc) is 3.56. The number of hydrogen-bond donors (Lipinski definition) is 0. The number of carbonyl (C=O) groups excluding carboxylic acids is 1. The normalized spacial score (nSPS) is 12.4. The summed E-state index contributed by atoms with van der Waals surface area (Å²) in [6, 6.07) is 12.5. The van der Waals surface area contributed by atoms with Crippen molar-refractivity contribution in [3.63, 3.8) is 0 Å². The minimum atomic E-state index is -4.61.